The van der Waals surface area contributed by atoms with Gasteiger partial charge in [-0.05, 0) is 6.07 Å². The first-order valence-corrected chi connectivity index (χ1v) is 5.16. The number of carbonyl (C=O) groups excluding carboxylic acids is 1. The van der Waals surface area contributed by atoms with E-state index in [0.717, 1.165) is 0 Å². The number of amides is 1. The third-order valence-corrected chi connectivity index (χ3v) is 2.06. The van der Waals surface area contributed by atoms with Crippen LogP contribution in [-0.4, -0.2) is 47.0 Å². The molecular weight excluding hydrogens is 226 g/mol. The van der Waals surface area contributed by atoms with Crippen molar-refractivity contribution in [1.82, 2.24) is 15.1 Å². The topological polar surface area (TPSA) is 93.5 Å². The van der Waals surface area contributed by atoms with Gasteiger partial charge < -0.3 is 15.2 Å². The van der Waals surface area contributed by atoms with Crippen molar-refractivity contribution in [3.05, 3.63) is 18.0 Å². The molecule has 1 rings (SSSR count). The second-order valence-electron chi connectivity index (χ2n) is 3.36. The summed E-state index contributed by atoms with van der Waals surface area (Å²) in [5, 5.41) is 15.1. The maximum absolute atomic E-state index is 11.3. The normalized spacial score (nSPS) is 10.2. The van der Waals surface area contributed by atoms with Crippen molar-refractivity contribution in [3.63, 3.8) is 0 Å². The number of carbonyl (C=O) groups is 2. The third-order valence-electron chi connectivity index (χ3n) is 2.06. The molecule has 17 heavy (non-hydrogen) atoms. The van der Waals surface area contributed by atoms with Gasteiger partial charge in [0.25, 0.3) is 0 Å². The number of aromatic carboxylic acids is 1. The Morgan fingerprint density at radius 2 is 2.35 bits per heavy atom. The molecule has 0 unspecified atom stereocenters. The van der Waals surface area contributed by atoms with E-state index in [9.17, 15) is 9.59 Å². The Morgan fingerprint density at radius 1 is 1.59 bits per heavy atom. The zero-order chi connectivity index (χ0) is 12.7. The van der Waals surface area contributed by atoms with Gasteiger partial charge in [0, 0.05) is 32.8 Å². The van der Waals surface area contributed by atoms with Crippen LogP contribution in [0.25, 0.3) is 0 Å². The van der Waals surface area contributed by atoms with Gasteiger partial charge in [-0.2, -0.15) is 5.10 Å². The van der Waals surface area contributed by atoms with Crippen molar-refractivity contribution in [1.29, 1.82) is 0 Å². The second-order valence-corrected chi connectivity index (χ2v) is 3.36. The number of aromatic nitrogens is 2. The molecule has 0 aliphatic heterocycles. The van der Waals surface area contributed by atoms with E-state index in [1.54, 1.807) is 7.11 Å². The van der Waals surface area contributed by atoms with Gasteiger partial charge in [0.15, 0.2) is 5.69 Å². The van der Waals surface area contributed by atoms with Crippen molar-refractivity contribution in [2.45, 2.75) is 13.0 Å². The van der Waals surface area contributed by atoms with Gasteiger partial charge >= 0.3 is 5.97 Å². The van der Waals surface area contributed by atoms with Crippen LogP contribution in [0.2, 0.25) is 0 Å². The summed E-state index contributed by atoms with van der Waals surface area (Å²) in [4.78, 5) is 21.9. The van der Waals surface area contributed by atoms with Gasteiger partial charge in [-0.25, -0.2) is 4.79 Å². The maximum atomic E-state index is 11.3. The van der Waals surface area contributed by atoms with E-state index in [2.05, 4.69) is 10.4 Å². The van der Waals surface area contributed by atoms with Crippen LogP contribution >= 0.6 is 0 Å². The summed E-state index contributed by atoms with van der Waals surface area (Å²) < 4.78 is 6.22. The minimum absolute atomic E-state index is 0.0233. The van der Waals surface area contributed by atoms with E-state index in [1.165, 1.54) is 16.9 Å². The van der Waals surface area contributed by atoms with Gasteiger partial charge in [-0.15, -0.1) is 0 Å². The molecule has 2 N–H and O–H groups in total. The quantitative estimate of drug-likeness (QED) is 0.641. The average Bonchev–Trinajstić information content (AvgIpc) is 2.75. The van der Waals surface area contributed by atoms with E-state index in [1.807, 2.05) is 0 Å². The lowest BCUT2D eigenvalue weighted by molar-refractivity contribution is -0.121. The average molecular weight is 241 g/mol. The van der Waals surface area contributed by atoms with Gasteiger partial charge in [0.1, 0.15) is 0 Å². The number of rotatable bonds is 7. The molecular formula is C10H15N3O4. The summed E-state index contributed by atoms with van der Waals surface area (Å²) in [6.07, 6.45) is 1.79. The Balaban J connectivity index is 2.29. The lowest BCUT2D eigenvalue weighted by atomic mass is 10.4. The Morgan fingerprint density at radius 3 is 2.94 bits per heavy atom. The number of ether oxygens (including phenoxy) is 1. The monoisotopic (exact) mass is 241 g/mol. The van der Waals surface area contributed by atoms with E-state index < -0.39 is 5.97 Å². The lowest BCUT2D eigenvalue weighted by Crippen LogP contribution is -2.27. The predicted octanol–water partition coefficient (Wildman–Crippen LogP) is -0.266. The number of aryl methyl sites for hydroxylation is 1. The first kappa shape index (κ1) is 13.2. The van der Waals surface area contributed by atoms with E-state index in [4.69, 9.17) is 9.84 Å². The van der Waals surface area contributed by atoms with Crippen LogP contribution in [-0.2, 0) is 16.1 Å². The fourth-order valence-corrected chi connectivity index (χ4v) is 1.20. The molecule has 0 saturated carbocycles. The smallest absolute Gasteiger partial charge is 0.356 e. The van der Waals surface area contributed by atoms with Crippen LogP contribution in [0.3, 0.4) is 0 Å². The highest BCUT2D eigenvalue weighted by molar-refractivity contribution is 5.85. The summed E-state index contributed by atoms with van der Waals surface area (Å²) in [5.74, 6) is -1.19. The van der Waals surface area contributed by atoms with Crippen LogP contribution < -0.4 is 5.32 Å². The number of nitrogens with one attached hydrogen (secondary N) is 1. The molecule has 7 heteroatoms. The van der Waals surface area contributed by atoms with Crippen LogP contribution in [0.1, 0.15) is 16.9 Å². The van der Waals surface area contributed by atoms with Gasteiger partial charge in [0.05, 0.1) is 6.61 Å². The highest BCUT2D eigenvalue weighted by atomic mass is 16.5. The molecule has 1 aromatic rings. The summed E-state index contributed by atoms with van der Waals surface area (Å²) in [6.45, 7) is 1.29. The molecule has 0 fully saturated rings. The molecule has 1 amide bonds. The van der Waals surface area contributed by atoms with E-state index in [0.29, 0.717) is 19.7 Å². The SMILES string of the molecule is COCCNC(=O)CCn1ccc(C(=O)O)n1. The Kier molecular flexibility index (Phi) is 5.15. The number of hydrogen-bond acceptors (Lipinski definition) is 4. The lowest BCUT2D eigenvalue weighted by Gasteiger charge is -2.04. The number of nitrogens with zero attached hydrogens (tertiary/aromatic N) is 2. The Labute approximate surface area is 98.4 Å². The molecule has 1 aromatic heterocycles. The number of carboxylic acid groups (broad SMARTS) is 1. The second kappa shape index (κ2) is 6.64. The first-order chi connectivity index (χ1) is 8.13. The molecule has 0 bridgehead atoms. The molecule has 1 heterocycles. The van der Waals surface area contributed by atoms with Gasteiger partial charge in [-0.3, -0.25) is 9.48 Å². The Bertz CT molecular complexity index is 389. The van der Waals surface area contributed by atoms with Crippen molar-refractivity contribution < 1.29 is 19.4 Å². The van der Waals surface area contributed by atoms with Crippen molar-refractivity contribution in [2.24, 2.45) is 0 Å². The third kappa shape index (κ3) is 4.64. The molecule has 0 atom stereocenters. The van der Waals surface area contributed by atoms with Crippen molar-refractivity contribution in [2.75, 3.05) is 20.3 Å². The fourth-order valence-electron chi connectivity index (χ4n) is 1.20. The van der Waals surface area contributed by atoms with E-state index >= 15 is 0 Å². The Hall–Kier alpha value is -1.89. The predicted molar refractivity (Wildman–Crippen MR) is 58.7 cm³/mol. The molecule has 0 radical (unpaired) electrons. The maximum Gasteiger partial charge on any atom is 0.356 e. The first-order valence-electron chi connectivity index (χ1n) is 5.16. The molecule has 0 aromatic carbocycles. The number of hydrogen-bond donors (Lipinski definition) is 2. The zero-order valence-corrected chi connectivity index (χ0v) is 9.55. The molecule has 0 aliphatic carbocycles. The zero-order valence-electron chi connectivity index (χ0n) is 9.55. The summed E-state index contributed by atoms with van der Waals surface area (Å²) in [6, 6.07) is 1.39. The van der Waals surface area contributed by atoms with E-state index in [-0.39, 0.29) is 18.0 Å². The molecule has 94 valence electrons. The van der Waals surface area contributed by atoms with Crippen LogP contribution in [0.15, 0.2) is 12.3 Å². The standard InChI is InChI=1S/C10H15N3O4/c1-17-7-4-11-9(14)3-6-13-5-2-8(12-13)10(15)16/h2,5H,3-4,6-7H2,1H3,(H,11,14)(H,15,16). The van der Waals surface area contributed by atoms with Gasteiger partial charge in [0.2, 0.25) is 5.91 Å². The molecule has 0 aliphatic rings. The van der Waals surface area contributed by atoms with Crippen LogP contribution in [0, 0.1) is 0 Å². The minimum Gasteiger partial charge on any atom is -0.476 e. The molecule has 0 spiro atoms. The number of carboxylic acids is 1. The highest BCUT2D eigenvalue weighted by Crippen LogP contribution is 1.96. The largest absolute Gasteiger partial charge is 0.476 e. The van der Waals surface area contributed by atoms with Crippen LogP contribution in [0.5, 0.6) is 0 Å². The fraction of sp³-hybridized carbons (Fsp3) is 0.500. The number of methoxy groups -OCH3 is 1. The molecule has 7 nitrogen and oxygen atoms in total. The van der Waals surface area contributed by atoms with Crippen LogP contribution in [0.4, 0.5) is 0 Å². The summed E-state index contributed by atoms with van der Waals surface area (Å²) >= 11 is 0. The minimum atomic E-state index is -1.08. The van der Waals surface area contributed by atoms with Crippen molar-refractivity contribution in [3.8, 4) is 0 Å². The van der Waals surface area contributed by atoms with Crippen molar-refractivity contribution >= 4 is 11.9 Å². The molecule has 0 saturated heterocycles. The highest BCUT2D eigenvalue weighted by Gasteiger charge is 2.07. The summed E-state index contributed by atoms with van der Waals surface area (Å²) in [5.41, 5.74) is -0.0233. The summed E-state index contributed by atoms with van der Waals surface area (Å²) in [7, 11) is 1.56. The van der Waals surface area contributed by atoms with Gasteiger partial charge in [-0.1, -0.05) is 0 Å².